The molecule has 1 amide bonds. The second-order valence-electron chi connectivity index (χ2n) is 4.65. The lowest BCUT2D eigenvalue weighted by Gasteiger charge is -2.15. The summed E-state index contributed by atoms with van der Waals surface area (Å²) in [5, 5.41) is 6.15. The van der Waals surface area contributed by atoms with Crippen LogP contribution in [0.25, 0.3) is 0 Å². The van der Waals surface area contributed by atoms with Crippen molar-refractivity contribution in [2.75, 3.05) is 13.1 Å². The van der Waals surface area contributed by atoms with E-state index in [0.29, 0.717) is 12.3 Å². The van der Waals surface area contributed by atoms with Crippen molar-refractivity contribution in [2.45, 2.75) is 13.0 Å². The number of nitrogens with one attached hydrogen (secondary N) is 2. The van der Waals surface area contributed by atoms with E-state index in [1.165, 1.54) is 12.1 Å². The molecular weight excluding hydrogens is 245 g/mol. The highest BCUT2D eigenvalue weighted by molar-refractivity contribution is 6.48. The fourth-order valence-corrected chi connectivity index (χ4v) is 2.49. The normalized spacial score (nSPS) is 22.3. The largest absolute Gasteiger partial charge is 0.386 e. The molecule has 5 heteroatoms. The van der Waals surface area contributed by atoms with E-state index in [1.807, 2.05) is 6.92 Å². The fourth-order valence-electron chi connectivity index (χ4n) is 2.49. The minimum absolute atomic E-state index is 0.160. The third-order valence-electron chi connectivity index (χ3n) is 3.41. The van der Waals surface area contributed by atoms with Crippen molar-refractivity contribution < 1.29 is 9.18 Å². The molecule has 1 saturated heterocycles. The number of carbonyl (C=O) groups is 1. The van der Waals surface area contributed by atoms with Gasteiger partial charge in [-0.05, 0) is 24.6 Å². The summed E-state index contributed by atoms with van der Waals surface area (Å²) in [5.41, 5.74) is 3.17. The molecule has 0 saturated carbocycles. The van der Waals surface area contributed by atoms with Crippen molar-refractivity contribution in [1.29, 1.82) is 0 Å². The Kier molecular flexibility index (Phi) is 2.81. The molecule has 1 aromatic carbocycles. The van der Waals surface area contributed by atoms with E-state index >= 15 is 0 Å². The molecule has 19 heavy (non-hydrogen) atoms. The lowest BCUT2D eigenvalue weighted by Crippen LogP contribution is -2.22. The maximum atomic E-state index is 13.0. The van der Waals surface area contributed by atoms with Crippen molar-refractivity contribution in [2.24, 2.45) is 4.99 Å². The number of rotatable bonds is 1. The van der Waals surface area contributed by atoms with Crippen LogP contribution in [0.1, 0.15) is 18.5 Å². The molecular formula is C14H14FN3O. The second-order valence-corrected chi connectivity index (χ2v) is 4.65. The van der Waals surface area contributed by atoms with Gasteiger partial charge in [-0.25, -0.2) is 4.39 Å². The van der Waals surface area contributed by atoms with Crippen LogP contribution in [0.15, 0.2) is 40.5 Å². The van der Waals surface area contributed by atoms with Crippen LogP contribution in [-0.4, -0.2) is 24.7 Å². The van der Waals surface area contributed by atoms with Gasteiger partial charge in [0.25, 0.3) is 5.91 Å². The quantitative estimate of drug-likeness (QED) is 0.799. The third kappa shape index (κ3) is 2.01. The summed E-state index contributed by atoms with van der Waals surface area (Å²) in [5.74, 6) is -0.445. The average Bonchev–Trinajstić information content (AvgIpc) is 2.60. The maximum absolute atomic E-state index is 13.0. The van der Waals surface area contributed by atoms with E-state index in [-0.39, 0.29) is 17.8 Å². The molecule has 2 N–H and O–H groups in total. The van der Waals surface area contributed by atoms with Crippen LogP contribution >= 0.6 is 0 Å². The number of aliphatic imine (C=N–C) groups is 1. The number of carbonyl (C=O) groups excluding carboxylic acids is 1. The minimum atomic E-state index is -0.286. The number of hydrogen-bond donors (Lipinski definition) is 2. The van der Waals surface area contributed by atoms with Crippen molar-refractivity contribution in [3.8, 4) is 0 Å². The standard InChI is InChI=1S/C14H14FN3O/c1-8-11-12(9-2-4-10(15)5-3-9)18-14(19)13(11)17-7-6-16-8/h2-5,12,16H,6-7H2,1H3,(H,18,19). The zero-order valence-electron chi connectivity index (χ0n) is 10.5. The maximum Gasteiger partial charge on any atom is 0.270 e. The Morgan fingerprint density at radius 1 is 1.32 bits per heavy atom. The molecule has 0 bridgehead atoms. The van der Waals surface area contributed by atoms with E-state index in [1.54, 1.807) is 12.1 Å². The van der Waals surface area contributed by atoms with Gasteiger partial charge in [0.15, 0.2) is 0 Å². The second kappa shape index (κ2) is 4.50. The number of halogens is 1. The molecule has 2 aliphatic heterocycles. The van der Waals surface area contributed by atoms with Gasteiger partial charge in [0.05, 0.1) is 12.6 Å². The Morgan fingerprint density at radius 3 is 2.79 bits per heavy atom. The fraction of sp³-hybridized carbons (Fsp3) is 0.286. The van der Waals surface area contributed by atoms with Crippen LogP contribution in [0.4, 0.5) is 4.39 Å². The van der Waals surface area contributed by atoms with Crippen LogP contribution in [0.5, 0.6) is 0 Å². The topological polar surface area (TPSA) is 53.5 Å². The van der Waals surface area contributed by atoms with E-state index in [0.717, 1.165) is 23.4 Å². The SMILES string of the molecule is CC1=C2C(=NCCN1)C(=O)NC2c1ccc(F)cc1. The molecule has 1 fully saturated rings. The van der Waals surface area contributed by atoms with E-state index in [9.17, 15) is 9.18 Å². The van der Waals surface area contributed by atoms with Crippen LogP contribution in [0.2, 0.25) is 0 Å². The van der Waals surface area contributed by atoms with Gasteiger partial charge in [-0.2, -0.15) is 0 Å². The summed E-state index contributed by atoms with van der Waals surface area (Å²) in [6.45, 7) is 3.24. The van der Waals surface area contributed by atoms with Gasteiger partial charge in [-0.15, -0.1) is 0 Å². The van der Waals surface area contributed by atoms with Crippen LogP contribution in [-0.2, 0) is 4.79 Å². The van der Waals surface area contributed by atoms with Gasteiger partial charge in [-0.3, -0.25) is 9.79 Å². The lowest BCUT2D eigenvalue weighted by atomic mass is 9.97. The predicted molar refractivity (Wildman–Crippen MR) is 70.3 cm³/mol. The summed E-state index contributed by atoms with van der Waals surface area (Å²) < 4.78 is 13.0. The van der Waals surface area contributed by atoms with Crippen molar-refractivity contribution in [3.63, 3.8) is 0 Å². The Labute approximate surface area is 110 Å². The number of fused-ring (bicyclic) bond motifs is 1. The van der Waals surface area contributed by atoms with Gasteiger partial charge in [0.2, 0.25) is 0 Å². The van der Waals surface area contributed by atoms with E-state index in [4.69, 9.17) is 0 Å². The zero-order chi connectivity index (χ0) is 13.4. The number of allylic oxidation sites excluding steroid dienone is 1. The van der Waals surface area contributed by atoms with Crippen LogP contribution < -0.4 is 10.6 Å². The molecule has 1 unspecified atom stereocenters. The number of benzene rings is 1. The Morgan fingerprint density at radius 2 is 2.05 bits per heavy atom. The molecule has 4 nitrogen and oxygen atoms in total. The predicted octanol–water partition coefficient (Wildman–Crippen LogP) is 1.31. The van der Waals surface area contributed by atoms with Gasteiger partial charge < -0.3 is 10.6 Å². The highest BCUT2D eigenvalue weighted by Gasteiger charge is 2.36. The monoisotopic (exact) mass is 259 g/mol. The Balaban J connectivity index is 2.07. The molecule has 98 valence electrons. The molecule has 1 aromatic rings. The smallest absolute Gasteiger partial charge is 0.270 e. The molecule has 0 radical (unpaired) electrons. The van der Waals surface area contributed by atoms with Gasteiger partial charge >= 0.3 is 0 Å². The summed E-state index contributed by atoms with van der Waals surface area (Å²) in [7, 11) is 0. The lowest BCUT2D eigenvalue weighted by molar-refractivity contribution is -0.114. The first-order chi connectivity index (χ1) is 9.16. The van der Waals surface area contributed by atoms with Crippen molar-refractivity contribution in [3.05, 3.63) is 46.9 Å². The highest BCUT2D eigenvalue weighted by atomic mass is 19.1. The van der Waals surface area contributed by atoms with Crippen LogP contribution in [0.3, 0.4) is 0 Å². The molecule has 3 rings (SSSR count). The molecule has 2 aliphatic rings. The molecule has 0 aliphatic carbocycles. The Bertz CT molecular complexity index is 589. The average molecular weight is 259 g/mol. The van der Waals surface area contributed by atoms with Crippen LogP contribution in [0, 0.1) is 5.82 Å². The molecule has 2 heterocycles. The van der Waals surface area contributed by atoms with E-state index in [2.05, 4.69) is 15.6 Å². The van der Waals surface area contributed by atoms with E-state index < -0.39 is 0 Å². The summed E-state index contributed by atoms with van der Waals surface area (Å²) >= 11 is 0. The third-order valence-corrected chi connectivity index (χ3v) is 3.41. The first kappa shape index (κ1) is 11.9. The molecule has 1 atom stereocenters. The van der Waals surface area contributed by atoms with Gasteiger partial charge in [-0.1, -0.05) is 12.1 Å². The Hall–Kier alpha value is -2.17. The van der Waals surface area contributed by atoms with Gasteiger partial charge in [0, 0.05) is 17.8 Å². The number of hydrogen-bond acceptors (Lipinski definition) is 3. The first-order valence-corrected chi connectivity index (χ1v) is 6.22. The number of nitrogens with zero attached hydrogens (tertiary/aromatic N) is 1. The zero-order valence-corrected chi connectivity index (χ0v) is 10.5. The summed E-state index contributed by atoms with van der Waals surface area (Å²) in [4.78, 5) is 16.3. The molecule has 0 spiro atoms. The summed E-state index contributed by atoms with van der Waals surface area (Å²) in [6, 6.07) is 5.92. The first-order valence-electron chi connectivity index (χ1n) is 6.22. The van der Waals surface area contributed by atoms with Gasteiger partial charge in [0.1, 0.15) is 11.5 Å². The minimum Gasteiger partial charge on any atom is -0.386 e. The molecule has 0 aromatic heterocycles. The number of amides is 1. The summed E-state index contributed by atoms with van der Waals surface area (Å²) in [6.07, 6.45) is 0. The highest BCUT2D eigenvalue weighted by Crippen LogP contribution is 2.30. The van der Waals surface area contributed by atoms with Crippen molar-refractivity contribution >= 4 is 11.6 Å². The van der Waals surface area contributed by atoms with Crippen molar-refractivity contribution in [1.82, 2.24) is 10.6 Å².